The topological polar surface area (TPSA) is 48.8 Å². The molecule has 2 N–H and O–H groups in total. The zero-order valence-electron chi connectivity index (χ0n) is 16.6. The van der Waals surface area contributed by atoms with Crippen LogP contribution >= 0.6 is 51.1 Å². The molecule has 0 fully saturated rings. The van der Waals surface area contributed by atoms with Crippen LogP contribution in [0.25, 0.3) is 0 Å². The van der Waals surface area contributed by atoms with Crippen molar-refractivity contribution in [1.29, 1.82) is 0 Å². The predicted molar refractivity (Wildman–Crippen MR) is 133 cm³/mol. The molecule has 0 unspecified atom stereocenters. The number of nitrogens with one attached hydrogen (secondary N) is 2. The average molecular weight is 530 g/mol. The summed E-state index contributed by atoms with van der Waals surface area (Å²) in [6.07, 6.45) is 0. The summed E-state index contributed by atoms with van der Waals surface area (Å²) >= 11 is 12.9. The Kier molecular flexibility index (Phi) is 9.36. The van der Waals surface area contributed by atoms with Gasteiger partial charge in [-0.05, 0) is 40.0 Å². The van der Waals surface area contributed by atoms with Crippen LogP contribution < -0.4 is 10.6 Å². The third-order valence-electron chi connectivity index (χ3n) is 4.33. The van der Waals surface area contributed by atoms with Gasteiger partial charge in [-0.15, -0.1) is 0 Å². The summed E-state index contributed by atoms with van der Waals surface area (Å²) in [6.45, 7) is 4.83. The maximum atomic E-state index is 13.6. The number of aliphatic imine (C=N–C) groups is 2. The van der Waals surface area contributed by atoms with Crippen molar-refractivity contribution < 1.29 is 4.39 Å². The normalized spacial score (nSPS) is 15.2. The lowest BCUT2D eigenvalue weighted by atomic mass is 10.1. The molecule has 30 heavy (non-hydrogen) atoms. The Morgan fingerprint density at radius 1 is 0.967 bits per heavy atom. The van der Waals surface area contributed by atoms with E-state index in [1.165, 1.54) is 0 Å². The SMILES string of the molecule is Cc1cccc(CNC2=NCCS2)c1F.Clc1cccc(CNC2=NCCS2)c1Br. The molecule has 4 nitrogen and oxygen atoms in total. The highest BCUT2D eigenvalue weighted by molar-refractivity contribution is 9.10. The van der Waals surface area contributed by atoms with E-state index in [9.17, 15) is 4.39 Å². The molecule has 4 rings (SSSR count). The Morgan fingerprint density at radius 3 is 2.13 bits per heavy atom. The molecule has 9 heteroatoms. The van der Waals surface area contributed by atoms with Crippen molar-refractivity contribution >= 4 is 61.4 Å². The zero-order chi connectivity index (χ0) is 21.3. The van der Waals surface area contributed by atoms with E-state index < -0.39 is 0 Å². The molecule has 0 saturated heterocycles. The van der Waals surface area contributed by atoms with E-state index >= 15 is 0 Å². The summed E-state index contributed by atoms with van der Waals surface area (Å²) in [5.74, 6) is 1.99. The molecular weight excluding hydrogens is 507 g/mol. The summed E-state index contributed by atoms with van der Waals surface area (Å²) in [7, 11) is 0. The lowest BCUT2D eigenvalue weighted by molar-refractivity contribution is 0.597. The smallest absolute Gasteiger partial charge is 0.156 e. The Morgan fingerprint density at radius 2 is 1.53 bits per heavy atom. The second-order valence-corrected chi connectivity index (χ2v) is 9.91. The third-order valence-corrected chi connectivity index (χ3v) is 7.68. The fourth-order valence-corrected chi connectivity index (χ4v) is 4.82. The van der Waals surface area contributed by atoms with Gasteiger partial charge in [0.1, 0.15) is 5.82 Å². The minimum atomic E-state index is -0.117. The quantitative estimate of drug-likeness (QED) is 0.540. The zero-order valence-corrected chi connectivity index (χ0v) is 20.5. The molecule has 0 bridgehead atoms. The van der Waals surface area contributed by atoms with Crippen molar-refractivity contribution in [3.63, 3.8) is 0 Å². The van der Waals surface area contributed by atoms with Gasteiger partial charge < -0.3 is 10.6 Å². The van der Waals surface area contributed by atoms with Gasteiger partial charge in [0.05, 0.1) is 18.1 Å². The first kappa shape index (κ1) is 23.4. The molecule has 0 amide bonds. The van der Waals surface area contributed by atoms with Crippen LogP contribution in [0.2, 0.25) is 5.02 Å². The lowest BCUT2D eigenvalue weighted by Gasteiger charge is -2.08. The number of nitrogens with zero attached hydrogens (tertiary/aromatic N) is 2. The van der Waals surface area contributed by atoms with E-state index in [0.29, 0.717) is 17.7 Å². The molecular formula is C21H23BrClFN4S2. The second-order valence-electron chi connectivity index (χ2n) is 6.54. The van der Waals surface area contributed by atoms with Crippen LogP contribution in [0.1, 0.15) is 16.7 Å². The van der Waals surface area contributed by atoms with Crippen LogP contribution in [0, 0.1) is 12.7 Å². The Labute approximate surface area is 198 Å². The van der Waals surface area contributed by atoms with E-state index in [0.717, 1.165) is 56.5 Å². The van der Waals surface area contributed by atoms with Crippen molar-refractivity contribution in [2.45, 2.75) is 20.0 Å². The van der Waals surface area contributed by atoms with E-state index in [2.05, 4.69) is 36.5 Å². The van der Waals surface area contributed by atoms with Crippen molar-refractivity contribution in [3.8, 4) is 0 Å². The highest BCUT2D eigenvalue weighted by atomic mass is 79.9. The molecule has 0 aliphatic carbocycles. The molecule has 2 heterocycles. The van der Waals surface area contributed by atoms with Gasteiger partial charge in [-0.2, -0.15) is 0 Å². The molecule has 0 spiro atoms. The molecule has 0 aromatic heterocycles. The van der Waals surface area contributed by atoms with Gasteiger partial charge >= 0.3 is 0 Å². The first-order valence-electron chi connectivity index (χ1n) is 9.53. The van der Waals surface area contributed by atoms with Crippen molar-refractivity contribution in [2.24, 2.45) is 9.98 Å². The fourth-order valence-electron chi connectivity index (χ4n) is 2.76. The summed E-state index contributed by atoms with van der Waals surface area (Å²) in [6, 6.07) is 11.3. The maximum absolute atomic E-state index is 13.6. The lowest BCUT2D eigenvalue weighted by Crippen LogP contribution is -2.19. The van der Waals surface area contributed by atoms with Crippen LogP contribution in [0.15, 0.2) is 50.9 Å². The van der Waals surface area contributed by atoms with Crippen LogP contribution in [0.4, 0.5) is 4.39 Å². The number of hydrogen-bond acceptors (Lipinski definition) is 6. The number of rotatable bonds is 4. The van der Waals surface area contributed by atoms with Crippen molar-refractivity contribution in [2.75, 3.05) is 24.6 Å². The van der Waals surface area contributed by atoms with Crippen LogP contribution in [0.3, 0.4) is 0 Å². The van der Waals surface area contributed by atoms with Crippen LogP contribution in [0.5, 0.6) is 0 Å². The average Bonchev–Trinajstić information content (AvgIpc) is 3.45. The molecule has 2 aliphatic rings. The summed E-state index contributed by atoms with van der Waals surface area (Å²) in [4.78, 5) is 8.57. The van der Waals surface area contributed by atoms with Gasteiger partial charge in [0.25, 0.3) is 0 Å². The van der Waals surface area contributed by atoms with E-state index in [1.54, 1.807) is 42.6 Å². The summed E-state index contributed by atoms with van der Waals surface area (Å²) < 4.78 is 14.5. The van der Waals surface area contributed by atoms with Gasteiger partial charge in [-0.3, -0.25) is 9.98 Å². The van der Waals surface area contributed by atoms with Crippen LogP contribution in [-0.4, -0.2) is 34.9 Å². The highest BCUT2D eigenvalue weighted by Crippen LogP contribution is 2.26. The monoisotopic (exact) mass is 528 g/mol. The molecule has 2 aromatic carbocycles. The Balaban J connectivity index is 0.000000171. The molecule has 0 atom stereocenters. The van der Waals surface area contributed by atoms with Gasteiger partial charge in [-0.25, -0.2) is 4.39 Å². The highest BCUT2D eigenvalue weighted by Gasteiger charge is 2.09. The van der Waals surface area contributed by atoms with Gasteiger partial charge in [0.2, 0.25) is 0 Å². The van der Waals surface area contributed by atoms with Gasteiger partial charge in [0, 0.05) is 34.6 Å². The summed E-state index contributed by atoms with van der Waals surface area (Å²) in [5, 5.41) is 9.13. The van der Waals surface area contributed by atoms with Crippen LogP contribution in [-0.2, 0) is 13.1 Å². The second kappa shape index (κ2) is 12.0. The minimum absolute atomic E-state index is 0.117. The molecule has 2 aliphatic heterocycles. The van der Waals surface area contributed by atoms with E-state index in [1.807, 2.05) is 24.3 Å². The summed E-state index contributed by atoms with van der Waals surface area (Å²) in [5.41, 5.74) is 2.54. The molecule has 2 aromatic rings. The number of benzene rings is 2. The number of thioether (sulfide) groups is 2. The fraction of sp³-hybridized carbons (Fsp3) is 0.333. The standard InChI is InChI=1S/C11H13FN2S.C10H10BrClN2S/c1-8-3-2-4-9(10(8)12)7-14-11-13-5-6-15-11;11-9-7(2-1-3-8(9)12)6-14-10-13-4-5-15-10/h2-4H,5-7H2,1H3,(H,13,14);1-3H,4-6H2,(H,13,14). The first-order valence-corrected chi connectivity index (χ1v) is 12.7. The number of halogens is 3. The largest absolute Gasteiger partial charge is 0.361 e. The van der Waals surface area contributed by atoms with Gasteiger partial charge in [0.15, 0.2) is 10.3 Å². The van der Waals surface area contributed by atoms with E-state index in [4.69, 9.17) is 11.6 Å². The Bertz CT molecular complexity index is 864. The first-order chi connectivity index (χ1) is 14.5. The van der Waals surface area contributed by atoms with Crippen molar-refractivity contribution in [1.82, 2.24) is 10.6 Å². The van der Waals surface area contributed by atoms with Crippen molar-refractivity contribution in [3.05, 3.63) is 68.4 Å². The predicted octanol–water partition coefficient (Wildman–Crippen LogP) is 5.62. The number of aryl methyl sites for hydroxylation is 1. The minimum Gasteiger partial charge on any atom is -0.361 e. The number of hydrogen-bond donors (Lipinski definition) is 2. The van der Waals surface area contributed by atoms with E-state index in [-0.39, 0.29) is 5.82 Å². The molecule has 0 radical (unpaired) electrons. The molecule has 0 saturated carbocycles. The number of amidine groups is 2. The third kappa shape index (κ3) is 6.90. The Hall–Kier alpha value is -1.22. The molecule has 160 valence electrons. The maximum Gasteiger partial charge on any atom is 0.156 e. The van der Waals surface area contributed by atoms with Gasteiger partial charge in [-0.1, -0.05) is 65.5 Å².